The van der Waals surface area contributed by atoms with Gasteiger partial charge in [0, 0.05) is 12.6 Å². The number of rotatable bonds is 6. The summed E-state index contributed by atoms with van der Waals surface area (Å²) in [5.41, 5.74) is 0.810. The first-order chi connectivity index (χ1) is 10.1. The van der Waals surface area contributed by atoms with E-state index in [-0.39, 0.29) is 18.6 Å². The van der Waals surface area contributed by atoms with Gasteiger partial charge in [-0.25, -0.2) is 9.48 Å². The third-order valence-electron chi connectivity index (χ3n) is 3.30. The molecular formula is C14H20N4O2S. The van der Waals surface area contributed by atoms with Crippen LogP contribution >= 0.6 is 11.3 Å². The maximum atomic E-state index is 11.9. The first-order valence-electron chi connectivity index (χ1n) is 6.90. The predicted octanol–water partition coefficient (Wildman–Crippen LogP) is 2.77. The fraction of sp³-hybridized carbons (Fsp3) is 0.429. The van der Waals surface area contributed by atoms with E-state index in [9.17, 15) is 9.90 Å². The molecule has 0 aliphatic carbocycles. The van der Waals surface area contributed by atoms with Crippen molar-refractivity contribution in [2.24, 2.45) is 0 Å². The van der Waals surface area contributed by atoms with Gasteiger partial charge in [-0.1, -0.05) is 6.92 Å². The van der Waals surface area contributed by atoms with E-state index in [0.717, 1.165) is 12.0 Å². The molecule has 0 fully saturated rings. The van der Waals surface area contributed by atoms with Crippen molar-refractivity contribution >= 4 is 23.2 Å². The van der Waals surface area contributed by atoms with Gasteiger partial charge in [-0.05, 0) is 35.7 Å². The van der Waals surface area contributed by atoms with Crippen molar-refractivity contribution in [3.8, 4) is 0 Å². The number of thiophene rings is 1. The minimum absolute atomic E-state index is 0.167. The first-order valence-corrected chi connectivity index (χ1v) is 7.84. The van der Waals surface area contributed by atoms with Gasteiger partial charge >= 0.3 is 6.03 Å². The third-order valence-corrected chi connectivity index (χ3v) is 4.01. The molecule has 21 heavy (non-hydrogen) atoms. The Morgan fingerprint density at radius 2 is 2.33 bits per heavy atom. The number of nitrogens with one attached hydrogen (secondary N) is 2. The SMILES string of the molecule is CCC(C)n1nccc1NC(=O)NCC(O)c1ccsc1. The van der Waals surface area contributed by atoms with Gasteiger partial charge in [0.25, 0.3) is 0 Å². The second-order valence-electron chi connectivity index (χ2n) is 4.83. The summed E-state index contributed by atoms with van der Waals surface area (Å²) in [6.45, 7) is 4.27. The minimum atomic E-state index is -0.693. The molecule has 2 atom stereocenters. The molecule has 2 rings (SSSR count). The van der Waals surface area contributed by atoms with Gasteiger partial charge in [-0.15, -0.1) is 0 Å². The standard InChI is InChI=1S/C14H20N4O2S/c1-3-10(2)18-13(4-6-16-18)17-14(20)15-8-12(19)11-5-7-21-9-11/h4-7,9-10,12,19H,3,8H2,1-2H3,(H2,15,17,20). The van der Waals surface area contributed by atoms with E-state index < -0.39 is 6.10 Å². The molecule has 2 unspecified atom stereocenters. The van der Waals surface area contributed by atoms with Crippen molar-refractivity contribution in [3.05, 3.63) is 34.7 Å². The second kappa shape index (κ2) is 7.24. The molecule has 2 aromatic rings. The van der Waals surface area contributed by atoms with E-state index in [1.165, 1.54) is 11.3 Å². The molecule has 2 amide bonds. The fourth-order valence-electron chi connectivity index (χ4n) is 1.87. The summed E-state index contributed by atoms with van der Waals surface area (Å²) in [5.74, 6) is 0.645. The summed E-state index contributed by atoms with van der Waals surface area (Å²) in [4.78, 5) is 11.9. The lowest BCUT2D eigenvalue weighted by Crippen LogP contribution is -2.33. The quantitative estimate of drug-likeness (QED) is 0.767. The Kier molecular flexibility index (Phi) is 5.35. The van der Waals surface area contributed by atoms with Crippen molar-refractivity contribution in [2.75, 3.05) is 11.9 Å². The zero-order chi connectivity index (χ0) is 15.2. The first kappa shape index (κ1) is 15.5. The van der Waals surface area contributed by atoms with E-state index in [2.05, 4.69) is 22.7 Å². The van der Waals surface area contributed by atoms with Crippen molar-refractivity contribution in [1.29, 1.82) is 0 Å². The average Bonchev–Trinajstić information content (AvgIpc) is 3.15. The van der Waals surface area contributed by atoms with Crippen LogP contribution in [0.15, 0.2) is 29.1 Å². The highest BCUT2D eigenvalue weighted by Crippen LogP contribution is 2.17. The van der Waals surface area contributed by atoms with Gasteiger partial charge in [-0.2, -0.15) is 16.4 Å². The number of nitrogens with zero attached hydrogens (tertiary/aromatic N) is 2. The molecule has 3 N–H and O–H groups in total. The van der Waals surface area contributed by atoms with Gasteiger partial charge in [0.15, 0.2) is 0 Å². The van der Waals surface area contributed by atoms with Gasteiger partial charge in [0.2, 0.25) is 0 Å². The summed E-state index contributed by atoms with van der Waals surface area (Å²) < 4.78 is 1.77. The Hall–Kier alpha value is -1.86. The van der Waals surface area contributed by atoms with Crippen molar-refractivity contribution in [1.82, 2.24) is 15.1 Å². The topological polar surface area (TPSA) is 79.2 Å². The highest BCUT2D eigenvalue weighted by molar-refractivity contribution is 7.07. The highest BCUT2D eigenvalue weighted by atomic mass is 32.1. The molecule has 2 heterocycles. The highest BCUT2D eigenvalue weighted by Gasteiger charge is 2.13. The number of amides is 2. The van der Waals surface area contributed by atoms with Crippen LogP contribution < -0.4 is 10.6 Å². The van der Waals surface area contributed by atoms with Crippen LogP contribution in [0.2, 0.25) is 0 Å². The molecule has 6 nitrogen and oxygen atoms in total. The van der Waals surface area contributed by atoms with Gasteiger partial charge < -0.3 is 10.4 Å². The van der Waals surface area contributed by atoms with Crippen molar-refractivity contribution in [2.45, 2.75) is 32.4 Å². The van der Waals surface area contributed by atoms with E-state index >= 15 is 0 Å². The van der Waals surface area contributed by atoms with E-state index in [0.29, 0.717) is 5.82 Å². The number of urea groups is 1. The Labute approximate surface area is 127 Å². The Balaban J connectivity index is 1.86. The zero-order valence-corrected chi connectivity index (χ0v) is 12.9. The molecule has 114 valence electrons. The second-order valence-corrected chi connectivity index (χ2v) is 5.61. The molecule has 7 heteroatoms. The third kappa shape index (κ3) is 4.05. The predicted molar refractivity (Wildman–Crippen MR) is 83.5 cm³/mol. The van der Waals surface area contributed by atoms with Crippen LogP contribution in [0.25, 0.3) is 0 Å². The lowest BCUT2D eigenvalue weighted by molar-refractivity contribution is 0.175. The number of hydrogen-bond acceptors (Lipinski definition) is 4. The van der Waals surface area contributed by atoms with Crippen LogP contribution in [0.4, 0.5) is 10.6 Å². The number of hydrogen-bond donors (Lipinski definition) is 3. The summed E-state index contributed by atoms with van der Waals surface area (Å²) in [6.07, 6.45) is 1.89. The number of carbonyl (C=O) groups excluding carboxylic acids is 1. The average molecular weight is 308 g/mol. The van der Waals surface area contributed by atoms with Gasteiger partial charge in [0.1, 0.15) is 5.82 Å². The molecule has 0 aromatic carbocycles. The van der Waals surface area contributed by atoms with Gasteiger partial charge in [0.05, 0.1) is 18.3 Å². The number of aliphatic hydroxyl groups excluding tert-OH is 1. The zero-order valence-electron chi connectivity index (χ0n) is 12.1. The monoisotopic (exact) mass is 308 g/mol. The fourth-order valence-corrected chi connectivity index (χ4v) is 2.58. The van der Waals surface area contributed by atoms with Crippen LogP contribution in [0.5, 0.6) is 0 Å². The molecule has 0 aliphatic heterocycles. The van der Waals surface area contributed by atoms with E-state index in [4.69, 9.17) is 0 Å². The maximum absolute atomic E-state index is 11.9. The smallest absolute Gasteiger partial charge is 0.320 e. The minimum Gasteiger partial charge on any atom is -0.387 e. The number of carbonyl (C=O) groups is 1. The largest absolute Gasteiger partial charge is 0.387 e. The summed E-state index contributed by atoms with van der Waals surface area (Å²) in [6, 6.07) is 3.45. The Bertz CT molecular complexity index is 567. The molecule has 0 spiro atoms. The van der Waals surface area contributed by atoms with Crippen molar-refractivity contribution < 1.29 is 9.90 Å². The van der Waals surface area contributed by atoms with Crippen LogP contribution in [0, 0.1) is 0 Å². The molecule has 2 aromatic heterocycles. The van der Waals surface area contributed by atoms with Crippen LogP contribution in [-0.4, -0.2) is 27.5 Å². The summed E-state index contributed by atoms with van der Waals surface area (Å²) in [5, 5.41) is 23.3. The summed E-state index contributed by atoms with van der Waals surface area (Å²) >= 11 is 1.51. The number of aromatic nitrogens is 2. The van der Waals surface area contributed by atoms with Crippen LogP contribution in [0.3, 0.4) is 0 Å². The Morgan fingerprint density at radius 3 is 3.00 bits per heavy atom. The van der Waals surface area contributed by atoms with E-state index in [1.54, 1.807) is 16.9 Å². The number of anilines is 1. The normalized spacial score (nSPS) is 13.7. The lowest BCUT2D eigenvalue weighted by Gasteiger charge is -2.15. The Morgan fingerprint density at radius 1 is 1.52 bits per heavy atom. The lowest BCUT2D eigenvalue weighted by atomic mass is 10.2. The van der Waals surface area contributed by atoms with Crippen molar-refractivity contribution in [3.63, 3.8) is 0 Å². The van der Waals surface area contributed by atoms with Crippen LogP contribution in [-0.2, 0) is 0 Å². The molecule has 0 bridgehead atoms. The molecular weight excluding hydrogens is 288 g/mol. The molecule has 0 saturated carbocycles. The van der Waals surface area contributed by atoms with Crippen LogP contribution in [0.1, 0.15) is 38.0 Å². The maximum Gasteiger partial charge on any atom is 0.320 e. The van der Waals surface area contributed by atoms with Gasteiger partial charge in [-0.3, -0.25) is 5.32 Å². The molecule has 0 aliphatic rings. The number of aliphatic hydroxyl groups is 1. The van der Waals surface area contributed by atoms with E-state index in [1.807, 2.05) is 23.8 Å². The molecule has 0 radical (unpaired) electrons. The summed E-state index contributed by atoms with van der Waals surface area (Å²) in [7, 11) is 0. The molecule has 0 saturated heterocycles.